The van der Waals surface area contributed by atoms with E-state index in [9.17, 15) is 4.79 Å². The Balaban J connectivity index is 2.70. The van der Waals surface area contributed by atoms with Crippen LogP contribution in [0.4, 0.5) is 0 Å². The summed E-state index contributed by atoms with van der Waals surface area (Å²) in [7, 11) is 2.91. The number of hydrogen-bond donors (Lipinski definition) is 0. The highest BCUT2D eigenvalue weighted by Crippen LogP contribution is 2.26. The first-order valence-electron chi connectivity index (χ1n) is 5.20. The molecule has 0 bridgehead atoms. The fourth-order valence-electron chi connectivity index (χ4n) is 1.72. The van der Waals surface area contributed by atoms with Gasteiger partial charge in [0.25, 0.3) is 0 Å². The summed E-state index contributed by atoms with van der Waals surface area (Å²) >= 11 is 0. The third kappa shape index (κ3) is 1.93. The zero-order valence-electron chi connectivity index (χ0n) is 9.98. The number of carbonyl (C=O) groups excluding carboxylic acids is 1. The van der Waals surface area contributed by atoms with Crippen molar-refractivity contribution in [3.05, 3.63) is 35.5 Å². The molecule has 4 heteroatoms. The van der Waals surface area contributed by atoms with Crippen molar-refractivity contribution in [2.24, 2.45) is 0 Å². The SMILES string of the molecule is COC(=O)c1ccc2c(C)ccc(OC)c2n1. The number of carbonyl (C=O) groups is 1. The molecule has 0 fully saturated rings. The Kier molecular flexibility index (Phi) is 2.95. The summed E-state index contributed by atoms with van der Waals surface area (Å²) in [6.45, 7) is 1.99. The summed E-state index contributed by atoms with van der Waals surface area (Å²) in [5.41, 5.74) is 2.05. The predicted molar refractivity (Wildman–Crippen MR) is 64.4 cm³/mol. The van der Waals surface area contributed by atoms with Crippen molar-refractivity contribution in [2.75, 3.05) is 14.2 Å². The van der Waals surface area contributed by atoms with E-state index >= 15 is 0 Å². The summed E-state index contributed by atoms with van der Waals surface area (Å²) in [5, 5.41) is 0.969. The Morgan fingerprint density at radius 3 is 2.59 bits per heavy atom. The maximum Gasteiger partial charge on any atom is 0.356 e. The normalized spacial score (nSPS) is 10.3. The number of methoxy groups -OCH3 is 2. The molecule has 2 aromatic rings. The lowest BCUT2D eigenvalue weighted by atomic mass is 10.1. The number of esters is 1. The number of benzene rings is 1. The van der Waals surface area contributed by atoms with Crippen molar-refractivity contribution in [3.63, 3.8) is 0 Å². The van der Waals surface area contributed by atoms with Crippen LogP contribution in [0.1, 0.15) is 16.1 Å². The van der Waals surface area contributed by atoms with Crippen molar-refractivity contribution < 1.29 is 14.3 Å². The number of nitrogens with zero attached hydrogens (tertiary/aromatic N) is 1. The largest absolute Gasteiger partial charge is 0.494 e. The molecule has 0 atom stereocenters. The number of aryl methyl sites for hydroxylation is 1. The zero-order valence-corrected chi connectivity index (χ0v) is 9.98. The second-order valence-corrected chi connectivity index (χ2v) is 3.67. The smallest absolute Gasteiger partial charge is 0.356 e. The summed E-state index contributed by atoms with van der Waals surface area (Å²) in [5.74, 6) is 0.201. The lowest BCUT2D eigenvalue weighted by molar-refractivity contribution is 0.0594. The van der Waals surface area contributed by atoms with E-state index in [-0.39, 0.29) is 5.69 Å². The van der Waals surface area contributed by atoms with Crippen LogP contribution < -0.4 is 4.74 Å². The first kappa shape index (κ1) is 11.4. The highest BCUT2D eigenvalue weighted by molar-refractivity contribution is 5.93. The molecule has 0 saturated heterocycles. The van der Waals surface area contributed by atoms with E-state index in [1.807, 2.05) is 25.1 Å². The second kappa shape index (κ2) is 4.41. The molecular weight excluding hydrogens is 218 g/mol. The molecule has 88 valence electrons. The molecule has 0 spiro atoms. The van der Waals surface area contributed by atoms with Crippen LogP contribution in [0.2, 0.25) is 0 Å². The highest BCUT2D eigenvalue weighted by Gasteiger charge is 2.11. The van der Waals surface area contributed by atoms with Crippen molar-refractivity contribution in [3.8, 4) is 5.75 Å². The van der Waals surface area contributed by atoms with E-state index in [1.54, 1.807) is 13.2 Å². The molecule has 0 amide bonds. The molecule has 0 saturated carbocycles. The molecule has 0 aliphatic rings. The quantitative estimate of drug-likeness (QED) is 0.744. The lowest BCUT2D eigenvalue weighted by Gasteiger charge is -2.08. The average Bonchev–Trinajstić information content (AvgIpc) is 2.38. The first-order valence-corrected chi connectivity index (χ1v) is 5.20. The Labute approximate surface area is 99.2 Å². The fourth-order valence-corrected chi connectivity index (χ4v) is 1.72. The van der Waals surface area contributed by atoms with Crippen LogP contribution in [0, 0.1) is 6.92 Å². The Bertz CT molecular complexity index is 578. The van der Waals surface area contributed by atoms with Gasteiger partial charge in [0.1, 0.15) is 17.0 Å². The Morgan fingerprint density at radius 1 is 1.18 bits per heavy atom. The minimum atomic E-state index is -0.449. The molecule has 4 nitrogen and oxygen atoms in total. The zero-order chi connectivity index (χ0) is 12.4. The van der Waals surface area contributed by atoms with E-state index in [2.05, 4.69) is 9.72 Å². The van der Waals surface area contributed by atoms with Gasteiger partial charge < -0.3 is 9.47 Å². The van der Waals surface area contributed by atoms with Crippen LogP contribution in [0.15, 0.2) is 24.3 Å². The summed E-state index contributed by atoms with van der Waals surface area (Å²) < 4.78 is 9.88. The van der Waals surface area contributed by atoms with Gasteiger partial charge in [0, 0.05) is 5.39 Å². The summed E-state index contributed by atoms with van der Waals surface area (Å²) in [6.07, 6.45) is 0. The van der Waals surface area contributed by atoms with Gasteiger partial charge in [-0.15, -0.1) is 0 Å². The molecule has 0 aliphatic carbocycles. The van der Waals surface area contributed by atoms with E-state index in [0.29, 0.717) is 11.3 Å². The molecule has 0 N–H and O–H groups in total. The number of hydrogen-bond acceptors (Lipinski definition) is 4. The van der Waals surface area contributed by atoms with E-state index in [0.717, 1.165) is 10.9 Å². The van der Waals surface area contributed by atoms with Gasteiger partial charge in [-0.1, -0.05) is 6.07 Å². The van der Waals surface area contributed by atoms with Gasteiger partial charge in [-0.2, -0.15) is 0 Å². The van der Waals surface area contributed by atoms with E-state index in [4.69, 9.17) is 4.74 Å². The number of rotatable bonds is 2. The molecule has 17 heavy (non-hydrogen) atoms. The number of pyridine rings is 1. The minimum Gasteiger partial charge on any atom is -0.494 e. The van der Waals surface area contributed by atoms with Crippen molar-refractivity contribution in [2.45, 2.75) is 6.92 Å². The minimum absolute atomic E-state index is 0.281. The molecule has 0 unspecified atom stereocenters. The number of aromatic nitrogens is 1. The van der Waals surface area contributed by atoms with E-state index < -0.39 is 5.97 Å². The Hall–Kier alpha value is -2.10. The third-order valence-electron chi connectivity index (χ3n) is 2.65. The molecule has 0 aliphatic heterocycles. The van der Waals surface area contributed by atoms with Crippen LogP contribution in [0.5, 0.6) is 5.75 Å². The second-order valence-electron chi connectivity index (χ2n) is 3.67. The van der Waals surface area contributed by atoms with Crippen LogP contribution in [0.25, 0.3) is 10.9 Å². The standard InChI is InChI=1S/C13H13NO3/c1-8-4-7-11(16-2)12-9(8)5-6-10(14-12)13(15)17-3/h4-7H,1-3H3. The van der Waals surface area contributed by atoms with Gasteiger partial charge in [0.15, 0.2) is 0 Å². The molecule has 2 rings (SSSR count). The van der Waals surface area contributed by atoms with Crippen molar-refractivity contribution in [1.29, 1.82) is 0 Å². The topological polar surface area (TPSA) is 48.4 Å². The monoisotopic (exact) mass is 231 g/mol. The van der Waals surface area contributed by atoms with Crippen LogP contribution >= 0.6 is 0 Å². The third-order valence-corrected chi connectivity index (χ3v) is 2.65. The van der Waals surface area contributed by atoms with Crippen LogP contribution in [-0.2, 0) is 4.74 Å². The maximum atomic E-state index is 11.4. The molecule has 1 heterocycles. The van der Waals surface area contributed by atoms with Crippen molar-refractivity contribution >= 4 is 16.9 Å². The number of ether oxygens (including phenoxy) is 2. The summed E-state index contributed by atoms with van der Waals surface area (Å²) in [6, 6.07) is 7.30. The Morgan fingerprint density at radius 2 is 1.94 bits per heavy atom. The molecular formula is C13H13NO3. The van der Waals surface area contributed by atoms with Gasteiger partial charge >= 0.3 is 5.97 Å². The molecule has 1 aromatic heterocycles. The van der Waals surface area contributed by atoms with Crippen LogP contribution in [-0.4, -0.2) is 25.2 Å². The average molecular weight is 231 g/mol. The van der Waals surface area contributed by atoms with E-state index in [1.165, 1.54) is 7.11 Å². The van der Waals surface area contributed by atoms with Gasteiger partial charge in [0.2, 0.25) is 0 Å². The molecule has 0 radical (unpaired) electrons. The number of fused-ring (bicyclic) bond motifs is 1. The molecule has 1 aromatic carbocycles. The highest BCUT2D eigenvalue weighted by atomic mass is 16.5. The van der Waals surface area contributed by atoms with Crippen molar-refractivity contribution in [1.82, 2.24) is 4.98 Å². The predicted octanol–water partition coefficient (Wildman–Crippen LogP) is 2.34. The fraction of sp³-hybridized carbons (Fsp3) is 0.231. The first-order chi connectivity index (χ1) is 8.17. The maximum absolute atomic E-state index is 11.4. The van der Waals surface area contributed by atoms with Gasteiger partial charge in [-0.05, 0) is 30.7 Å². The van der Waals surface area contributed by atoms with Gasteiger partial charge in [-0.25, -0.2) is 9.78 Å². The summed E-state index contributed by atoms with van der Waals surface area (Å²) in [4.78, 5) is 15.7. The van der Waals surface area contributed by atoms with Gasteiger partial charge in [0.05, 0.1) is 14.2 Å². The van der Waals surface area contributed by atoms with Gasteiger partial charge in [-0.3, -0.25) is 0 Å². The lowest BCUT2D eigenvalue weighted by Crippen LogP contribution is -2.04. The van der Waals surface area contributed by atoms with Crippen LogP contribution in [0.3, 0.4) is 0 Å².